The molecule has 8 nitrogen and oxygen atoms in total. The molecule has 0 saturated heterocycles. The number of hydrazone groups is 1. The van der Waals surface area contributed by atoms with E-state index in [1.54, 1.807) is 24.3 Å². The van der Waals surface area contributed by atoms with E-state index >= 15 is 0 Å². The molecule has 0 aliphatic rings. The van der Waals surface area contributed by atoms with Crippen LogP contribution in [0.3, 0.4) is 0 Å². The zero-order valence-electron chi connectivity index (χ0n) is 15.1. The summed E-state index contributed by atoms with van der Waals surface area (Å²) >= 11 is 0. The second kappa shape index (κ2) is 9.23. The van der Waals surface area contributed by atoms with Crippen LogP contribution in [0.1, 0.15) is 33.2 Å². The first-order chi connectivity index (χ1) is 13.0. The molecular weight excluding hydrogens is 352 g/mol. The molecule has 0 unspecified atom stereocenters. The molecule has 142 valence electrons. The molecule has 8 heteroatoms. The number of carboxylic acids is 1. The molecule has 0 bridgehead atoms. The molecule has 1 amide bonds. The van der Waals surface area contributed by atoms with Crippen molar-refractivity contribution in [2.75, 3.05) is 20.8 Å². The molecule has 2 rings (SSSR count). The molecule has 0 atom stereocenters. The zero-order valence-corrected chi connectivity index (χ0v) is 15.1. The van der Waals surface area contributed by atoms with Gasteiger partial charge in [-0.15, -0.1) is 0 Å². The topological polar surface area (TPSA) is 109 Å². The lowest BCUT2D eigenvalue weighted by Gasteiger charge is -2.15. The van der Waals surface area contributed by atoms with Crippen LogP contribution < -0.4 is 24.7 Å². The van der Waals surface area contributed by atoms with Crippen LogP contribution in [0, 0.1) is 0 Å². The van der Waals surface area contributed by atoms with Gasteiger partial charge in [-0.25, -0.2) is 5.43 Å². The highest BCUT2D eigenvalue weighted by Crippen LogP contribution is 2.32. The van der Waals surface area contributed by atoms with Crippen molar-refractivity contribution in [1.82, 2.24) is 5.43 Å². The fourth-order valence-corrected chi connectivity index (χ4v) is 2.35. The van der Waals surface area contributed by atoms with Gasteiger partial charge in [-0.05, 0) is 43.3 Å². The molecule has 2 aromatic carbocycles. The molecule has 0 heterocycles. The number of rotatable bonds is 8. The maximum Gasteiger partial charge on any atom is 0.271 e. The quantitative estimate of drug-likeness (QED) is 0.552. The summed E-state index contributed by atoms with van der Waals surface area (Å²) in [4.78, 5) is 23.6. The predicted octanol–water partition coefficient (Wildman–Crippen LogP) is 1.23. The first kappa shape index (κ1) is 19.8. The number of ether oxygens (including phenoxy) is 3. The summed E-state index contributed by atoms with van der Waals surface area (Å²) in [5.74, 6) is -0.997. The van der Waals surface area contributed by atoms with Gasteiger partial charge < -0.3 is 24.1 Å². The molecule has 0 aliphatic carbocycles. The van der Waals surface area contributed by atoms with Crippen molar-refractivity contribution >= 4 is 18.1 Å². The summed E-state index contributed by atoms with van der Waals surface area (Å²) in [5, 5.41) is 15.3. The van der Waals surface area contributed by atoms with E-state index in [-0.39, 0.29) is 22.6 Å². The normalized spacial score (nSPS) is 10.5. The van der Waals surface area contributed by atoms with Gasteiger partial charge in [0.1, 0.15) is 5.75 Å². The van der Waals surface area contributed by atoms with Crippen LogP contribution in [0.2, 0.25) is 0 Å². The van der Waals surface area contributed by atoms with Gasteiger partial charge in [0, 0.05) is 11.1 Å². The van der Waals surface area contributed by atoms with Gasteiger partial charge >= 0.3 is 0 Å². The van der Waals surface area contributed by atoms with Gasteiger partial charge in [-0.2, -0.15) is 5.10 Å². The van der Waals surface area contributed by atoms with E-state index in [9.17, 15) is 14.7 Å². The Morgan fingerprint density at radius 3 is 2.37 bits per heavy atom. The number of benzene rings is 2. The van der Waals surface area contributed by atoms with Gasteiger partial charge in [0.25, 0.3) is 5.91 Å². The molecular formula is C19H19N2O6-. The Labute approximate surface area is 156 Å². The third-order valence-electron chi connectivity index (χ3n) is 3.58. The van der Waals surface area contributed by atoms with Crippen LogP contribution in [0.5, 0.6) is 17.2 Å². The number of amides is 1. The minimum Gasteiger partial charge on any atom is -0.545 e. The fourth-order valence-electron chi connectivity index (χ4n) is 2.35. The minimum absolute atomic E-state index is 0.0132. The van der Waals surface area contributed by atoms with Gasteiger partial charge in [-0.1, -0.05) is 0 Å². The van der Waals surface area contributed by atoms with Gasteiger partial charge in [-0.3, -0.25) is 4.79 Å². The Morgan fingerprint density at radius 1 is 1.11 bits per heavy atom. The maximum absolute atomic E-state index is 12.1. The number of nitrogens with zero attached hydrogens (tertiary/aromatic N) is 1. The third-order valence-corrected chi connectivity index (χ3v) is 3.58. The summed E-state index contributed by atoms with van der Waals surface area (Å²) in [6.07, 6.45) is 1.19. The number of carbonyl (C=O) groups excluding carboxylic acids is 2. The smallest absolute Gasteiger partial charge is 0.271 e. The average Bonchev–Trinajstić information content (AvgIpc) is 2.67. The first-order valence-electron chi connectivity index (χ1n) is 8.04. The van der Waals surface area contributed by atoms with Crippen LogP contribution in [-0.4, -0.2) is 38.9 Å². The Kier molecular flexibility index (Phi) is 6.76. The van der Waals surface area contributed by atoms with Crippen molar-refractivity contribution < 1.29 is 28.9 Å². The lowest BCUT2D eigenvalue weighted by atomic mass is 10.1. The number of carboxylic acid groups (broad SMARTS) is 1. The first-order valence-corrected chi connectivity index (χ1v) is 8.04. The molecule has 0 fully saturated rings. The minimum atomic E-state index is -1.45. The third kappa shape index (κ3) is 4.75. The molecule has 27 heavy (non-hydrogen) atoms. The molecule has 0 saturated carbocycles. The van der Waals surface area contributed by atoms with Gasteiger partial charge in [0.15, 0.2) is 11.5 Å². The fraction of sp³-hybridized carbons (Fsp3) is 0.211. The molecule has 0 radical (unpaired) electrons. The van der Waals surface area contributed by atoms with Crippen molar-refractivity contribution in [2.45, 2.75) is 6.92 Å². The van der Waals surface area contributed by atoms with Gasteiger partial charge in [0.2, 0.25) is 0 Å². The number of nitrogens with one attached hydrogen (secondary N) is 1. The van der Waals surface area contributed by atoms with E-state index in [1.165, 1.54) is 32.6 Å². The van der Waals surface area contributed by atoms with Crippen LogP contribution >= 0.6 is 0 Å². The summed E-state index contributed by atoms with van der Waals surface area (Å²) in [6, 6.07) is 9.53. The average molecular weight is 371 g/mol. The number of hydrogen-bond acceptors (Lipinski definition) is 7. The Hall–Kier alpha value is -3.55. The van der Waals surface area contributed by atoms with E-state index in [4.69, 9.17) is 14.2 Å². The van der Waals surface area contributed by atoms with Crippen molar-refractivity contribution in [1.29, 1.82) is 0 Å². The van der Waals surface area contributed by atoms with Crippen LogP contribution in [0.4, 0.5) is 0 Å². The van der Waals surface area contributed by atoms with E-state index in [0.29, 0.717) is 17.9 Å². The Bertz CT molecular complexity index is 846. The van der Waals surface area contributed by atoms with Gasteiger partial charge in [0.05, 0.1) is 38.6 Å². The largest absolute Gasteiger partial charge is 0.545 e. The summed E-state index contributed by atoms with van der Waals surface area (Å²) in [5.41, 5.74) is 2.68. The number of aromatic carboxylic acids is 1. The van der Waals surface area contributed by atoms with E-state index in [2.05, 4.69) is 10.5 Å². The number of carbonyl (C=O) groups is 2. The molecule has 0 spiro atoms. The number of hydrogen-bond donors (Lipinski definition) is 1. The lowest BCUT2D eigenvalue weighted by molar-refractivity contribution is -0.255. The van der Waals surface area contributed by atoms with E-state index < -0.39 is 11.9 Å². The van der Waals surface area contributed by atoms with Crippen LogP contribution in [-0.2, 0) is 0 Å². The summed E-state index contributed by atoms with van der Waals surface area (Å²) in [7, 11) is 2.71. The highest BCUT2D eigenvalue weighted by molar-refractivity contribution is 6.01. The second-order valence-electron chi connectivity index (χ2n) is 5.21. The van der Waals surface area contributed by atoms with E-state index in [0.717, 1.165) is 0 Å². The standard InChI is InChI=1S/C19H20N2O6/c1-4-27-14-8-5-12(6-9-14)18(22)21-20-11-13-7-10-15(25-2)17(26-3)16(13)19(23)24/h5-11H,4H2,1-3H3,(H,21,22)(H,23,24)/p-1/b20-11-. The van der Waals surface area contributed by atoms with Crippen molar-refractivity contribution in [3.8, 4) is 17.2 Å². The molecule has 0 aromatic heterocycles. The van der Waals surface area contributed by atoms with Crippen LogP contribution in [0.25, 0.3) is 0 Å². The maximum atomic E-state index is 12.1. The van der Waals surface area contributed by atoms with Crippen molar-refractivity contribution in [2.24, 2.45) is 5.10 Å². The zero-order chi connectivity index (χ0) is 19.8. The monoisotopic (exact) mass is 371 g/mol. The summed E-state index contributed by atoms with van der Waals surface area (Å²) < 4.78 is 15.5. The molecule has 1 N–H and O–H groups in total. The van der Waals surface area contributed by atoms with E-state index in [1.807, 2.05) is 6.92 Å². The molecule has 2 aromatic rings. The Morgan fingerprint density at radius 2 is 1.81 bits per heavy atom. The SMILES string of the molecule is CCOc1ccc(C(=O)N/N=C\c2ccc(OC)c(OC)c2C(=O)[O-])cc1. The van der Waals surface area contributed by atoms with Crippen LogP contribution in [0.15, 0.2) is 41.5 Å². The highest BCUT2D eigenvalue weighted by Gasteiger charge is 2.15. The highest BCUT2D eigenvalue weighted by atomic mass is 16.5. The predicted molar refractivity (Wildman–Crippen MR) is 96.5 cm³/mol. The Balaban J connectivity index is 2.18. The second-order valence-corrected chi connectivity index (χ2v) is 5.21. The lowest BCUT2D eigenvalue weighted by Crippen LogP contribution is -2.25. The molecule has 0 aliphatic heterocycles. The summed E-state index contributed by atoms with van der Waals surface area (Å²) in [6.45, 7) is 2.40. The number of methoxy groups -OCH3 is 2. The van der Waals surface area contributed by atoms with Crippen molar-refractivity contribution in [3.63, 3.8) is 0 Å². The van der Waals surface area contributed by atoms with Crippen molar-refractivity contribution in [3.05, 3.63) is 53.1 Å².